The van der Waals surface area contributed by atoms with Crippen molar-refractivity contribution in [2.75, 3.05) is 26.1 Å². The normalized spacial score (nSPS) is 10.4. The summed E-state index contributed by atoms with van der Waals surface area (Å²) in [4.78, 5) is 20.2. The van der Waals surface area contributed by atoms with Gasteiger partial charge >= 0.3 is 5.97 Å². The van der Waals surface area contributed by atoms with Crippen molar-refractivity contribution in [2.24, 2.45) is 0 Å². The SMILES string of the molecule is COC(=O)CNCc1cc(OC)nc(Nc2cccc(-c3ccccc3)c2C)n1. The minimum absolute atomic E-state index is 0.101. The zero-order valence-electron chi connectivity index (χ0n) is 16.7. The van der Waals surface area contributed by atoms with Crippen molar-refractivity contribution in [3.63, 3.8) is 0 Å². The minimum Gasteiger partial charge on any atom is -0.481 e. The van der Waals surface area contributed by atoms with Gasteiger partial charge in [0.2, 0.25) is 11.8 Å². The fraction of sp³-hybridized carbons (Fsp3) is 0.227. The van der Waals surface area contributed by atoms with Crippen LogP contribution in [0.3, 0.4) is 0 Å². The highest BCUT2D eigenvalue weighted by Gasteiger charge is 2.10. The van der Waals surface area contributed by atoms with Crippen LogP contribution < -0.4 is 15.4 Å². The molecule has 7 nitrogen and oxygen atoms in total. The molecule has 0 atom stereocenters. The van der Waals surface area contributed by atoms with Gasteiger partial charge in [0.05, 0.1) is 26.5 Å². The molecular weight excluding hydrogens is 368 g/mol. The fourth-order valence-corrected chi connectivity index (χ4v) is 2.91. The molecule has 3 aromatic rings. The smallest absolute Gasteiger partial charge is 0.319 e. The Kier molecular flexibility index (Phi) is 6.76. The molecule has 0 unspecified atom stereocenters. The number of anilines is 2. The third-order valence-corrected chi connectivity index (χ3v) is 4.43. The molecule has 0 bridgehead atoms. The molecular formula is C22H24N4O3. The van der Waals surface area contributed by atoms with Crippen molar-refractivity contribution in [1.82, 2.24) is 15.3 Å². The molecule has 150 valence electrons. The molecule has 0 amide bonds. The van der Waals surface area contributed by atoms with E-state index in [4.69, 9.17) is 4.74 Å². The maximum Gasteiger partial charge on any atom is 0.319 e. The summed E-state index contributed by atoms with van der Waals surface area (Å²) >= 11 is 0. The highest BCUT2D eigenvalue weighted by Crippen LogP contribution is 2.29. The van der Waals surface area contributed by atoms with Gasteiger partial charge < -0.3 is 20.1 Å². The van der Waals surface area contributed by atoms with Crippen LogP contribution in [-0.2, 0) is 16.1 Å². The molecule has 2 N–H and O–H groups in total. The molecule has 1 heterocycles. The largest absolute Gasteiger partial charge is 0.481 e. The Balaban J connectivity index is 1.82. The molecule has 0 aliphatic carbocycles. The molecule has 0 spiro atoms. The molecule has 1 aromatic heterocycles. The van der Waals surface area contributed by atoms with Gasteiger partial charge in [0.15, 0.2) is 0 Å². The zero-order chi connectivity index (χ0) is 20.6. The maximum atomic E-state index is 11.3. The zero-order valence-corrected chi connectivity index (χ0v) is 16.7. The van der Waals surface area contributed by atoms with E-state index in [1.807, 2.05) is 30.3 Å². The number of hydrogen-bond donors (Lipinski definition) is 2. The molecule has 0 saturated carbocycles. The number of aromatic nitrogens is 2. The minimum atomic E-state index is -0.335. The van der Waals surface area contributed by atoms with E-state index >= 15 is 0 Å². The molecule has 29 heavy (non-hydrogen) atoms. The first kappa shape index (κ1) is 20.3. The van der Waals surface area contributed by atoms with Gasteiger partial charge in [-0.1, -0.05) is 42.5 Å². The van der Waals surface area contributed by atoms with Crippen LogP contribution in [0.2, 0.25) is 0 Å². The molecule has 0 saturated heterocycles. The van der Waals surface area contributed by atoms with Crippen LogP contribution in [0.1, 0.15) is 11.3 Å². The van der Waals surface area contributed by atoms with Crippen molar-refractivity contribution >= 4 is 17.6 Å². The van der Waals surface area contributed by atoms with E-state index in [0.29, 0.717) is 24.1 Å². The van der Waals surface area contributed by atoms with Crippen LogP contribution in [0.5, 0.6) is 5.88 Å². The predicted octanol–water partition coefficient (Wildman–Crippen LogP) is 3.47. The number of benzene rings is 2. The first-order valence-corrected chi connectivity index (χ1v) is 9.22. The van der Waals surface area contributed by atoms with Gasteiger partial charge in [-0.15, -0.1) is 0 Å². The van der Waals surface area contributed by atoms with E-state index in [1.165, 1.54) is 7.11 Å². The van der Waals surface area contributed by atoms with Crippen LogP contribution >= 0.6 is 0 Å². The Hall–Kier alpha value is -3.45. The first-order valence-electron chi connectivity index (χ1n) is 9.22. The standard InChI is InChI=1S/C22H24N4O3/c1-15-18(16-8-5-4-6-9-16)10-7-11-19(15)25-22-24-17(12-20(26-22)28-2)13-23-14-21(27)29-3/h4-12,23H,13-14H2,1-3H3,(H,24,25,26). The highest BCUT2D eigenvalue weighted by atomic mass is 16.5. The van der Waals surface area contributed by atoms with Gasteiger partial charge in [-0.2, -0.15) is 4.98 Å². The van der Waals surface area contributed by atoms with Crippen molar-refractivity contribution in [1.29, 1.82) is 0 Å². The number of methoxy groups -OCH3 is 2. The molecule has 0 aliphatic heterocycles. The second kappa shape index (κ2) is 9.66. The molecule has 3 rings (SSSR count). The van der Waals surface area contributed by atoms with Gasteiger partial charge in [-0.3, -0.25) is 4.79 Å². The maximum absolute atomic E-state index is 11.3. The van der Waals surface area contributed by atoms with Gasteiger partial charge in [0.1, 0.15) is 0 Å². The molecule has 2 aromatic carbocycles. The lowest BCUT2D eigenvalue weighted by Crippen LogP contribution is -2.24. The number of nitrogens with zero attached hydrogens (tertiary/aromatic N) is 2. The summed E-state index contributed by atoms with van der Waals surface area (Å²) < 4.78 is 9.92. The number of ether oxygens (including phenoxy) is 2. The van der Waals surface area contributed by atoms with Crippen molar-refractivity contribution in [2.45, 2.75) is 13.5 Å². The quantitative estimate of drug-likeness (QED) is 0.568. The molecule has 7 heteroatoms. The van der Waals surface area contributed by atoms with Crippen LogP contribution in [0.4, 0.5) is 11.6 Å². The van der Waals surface area contributed by atoms with Crippen LogP contribution in [0, 0.1) is 6.92 Å². The van der Waals surface area contributed by atoms with Crippen LogP contribution in [0.15, 0.2) is 54.6 Å². The van der Waals surface area contributed by atoms with E-state index in [9.17, 15) is 4.79 Å². The van der Waals surface area contributed by atoms with E-state index in [0.717, 1.165) is 22.4 Å². The topological polar surface area (TPSA) is 85.4 Å². The summed E-state index contributed by atoms with van der Waals surface area (Å²) in [5.41, 5.74) is 4.98. The number of esters is 1. The lowest BCUT2D eigenvalue weighted by Gasteiger charge is -2.14. The summed E-state index contributed by atoms with van der Waals surface area (Å²) in [5.74, 6) is 0.527. The Morgan fingerprint density at radius 1 is 1.03 bits per heavy atom. The number of hydrogen-bond acceptors (Lipinski definition) is 7. The second-order valence-electron chi connectivity index (χ2n) is 6.37. The van der Waals surface area contributed by atoms with Crippen molar-refractivity contribution in [3.05, 3.63) is 65.9 Å². The number of carbonyl (C=O) groups excluding carboxylic acids is 1. The number of nitrogens with one attached hydrogen (secondary N) is 2. The van der Waals surface area contributed by atoms with Gasteiger partial charge in [-0.25, -0.2) is 4.98 Å². The summed E-state index contributed by atoms with van der Waals surface area (Å²) in [6, 6.07) is 18.0. The first-order chi connectivity index (χ1) is 14.1. The third-order valence-electron chi connectivity index (χ3n) is 4.43. The van der Waals surface area contributed by atoms with Crippen LogP contribution in [0.25, 0.3) is 11.1 Å². The van der Waals surface area contributed by atoms with E-state index in [2.05, 4.69) is 50.5 Å². The lowest BCUT2D eigenvalue weighted by molar-refractivity contribution is -0.139. The Morgan fingerprint density at radius 2 is 1.83 bits per heavy atom. The lowest BCUT2D eigenvalue weighted by atomic mass is 9.99. The van der Waals surface area contributed by atoms with E-state index in [-0.39, 0.29) is 12.5 Å². The summed E-state index contributed by atoms with van der Waals surface area (Å²) in [5, 5.41) is 6.27. The predicted molar refractivity (Wildman–Crippen MR) is 112 cm³/mol. The number of rotatable bonds is 8. The third kappa shape index (κ3) is 5.30. The fourth-order valence-electron chi connectivity index (χ4n) is 2.91. The average molecular weight is 392 g/mol. The van der Waals surface area contributed by atoms with Gasteiger partial charge in [0.25, 0.3) is 0 Å². The average Bonchev–Trinajstić information content (AvgIpc) is 2.75. The molecule has 0 aliphatic rings. The summed E-state index contributed by atoms with van der Waals surface area (Å²) in [7, 11) is 2.91. The van der Waals surface area contributed by atoms with Crippen molar-refractivity contribution < 1.29 is 14.3 Å². The summed E-state index contributed by atoms with van der Waals surface area (Å²) in [6.45, 7) is 2.54. The Bertz CT molecular complexity index is 977. The highest BCUT2D eigenvalue weighted by molar-refractivity contribution is 5.75. The Morgan fingerprint density at radius 3 is 2.55 bits per heavy atom. The van der Waals surface area contributed by atoms with Gasteiger partial charge in [0, 0.05) is 18.3 Å². The van der Waals surface area contributed by atoms with Gasteiger partial charge in [-0.05, 0) is 29.7 Å². The Labute approximate surface area is 170 Å². The van der Waals surface area contributed by atoms with E-state index in [1.54, 1.807) is 13.2 Å². The molecule has 0 fully saturated rings. The summed E-state index contributed by atoms with van der Waals surface area (Å²) in [6.07, 6.45) is 0. The van der Waals surface area contributed by atoms with Crippen LogP contribution in [-0.4, -0.2) is 36.7 Å². The van der Waals surface area contributed by atoms with Crippen molar-refractivity contribution in [3.8, 4) is 17.0 Å². The molecule has 0 radical (unpaired) electrons. The van der Waals surface area contributed by atoms with E-state index < -0.39 is 0 Å². The second-order valence-corrected chi connectivity index (χ2v) is 6.37. The monoisotopic (exact) mass is 392 g/mol. The number of carbonyl (C=O) groups is 1.